The van der Waals surface area contributed by atoms with Crippen molar-refractivity contribution >= 4 is 23.2 Å². The van der Waals surface area contributed by atoms with Gasteiger partial charge in [0.1, 0.15) is 16.6 Å². The summed E-state index contributed by atoms with van der Waals surface area (Å²) in [7, 11) is 1.54. The Hall–Kier alpha value is -2.90. The number of anilines is 1. The van der Waals surface area contributed by atoms with Gasteiger partial charge in [-0.25, -0.2) is 4.98 Å². The van der Waals surface area contributed by atoms with Crippen LogP contribution in [-0.4, -0.2) is 46.2 Å². The largest absolute Gasteiger partial charge is 0.494 e. The van der Waals surface area contributed by atoms with Crippen molar-refractivity contribution in [3.63, 3.8) is 0 Å². The molecule has 7 nitrogen and oxygen atoms in total. The van der Waals surface area contributed by atoms with Crippen LogP contribution in [0.3, 0.4) is 0 Å². The van der Waals surface area contributed by atoms with Gasteiger partial charge >= 0.3 is 0 Å². The van der Waals surface area contributed by atoms with Crippen molar-refractivity contribution in [1.29, 1.82) is 0 Å². The zero-order valence-corrected chi connectivity index (χ0v) is 18.6. The van der Waals surface area contributed by atoms with Crippen LogP contribution in [-0.2, 0) is 16.8 Å². The number of carbonyl (C=O) groups excluding carboxylic acids is 1. The Morgan fingerprint density at radius 2 is 2.10 bits per heavy atom. The fourth-order valence-electron chi connectivity index (χ4n) is 4.24. The first-order valence-electron chi connectivity index (χ1n) is 10.2. The van der Waals surface area contributed by atoms with Gasteiger partial charge in [0.25, 0.3) is 0 Å². The zero-order valence-electron chi connectivity index (χ0n) is 17.9. The summed E-state index contributed by atoms with van der Waals surface area (Å²) < 4.78 is 5.39. The number of rotatable bonds is 7. The number of aromatic amines is 1. The van der Waals surface area contributed by atoms with Crippen LogP contribution in [0.15, 0.2) is 48.9 Å². The highest BCUT2D eigenvalue weighted by atomic mass is 35.5. The number of H-pyrrole nitrogens is 1. The molecule has 0 saturated carbocycles. The van der Waals surface area contributed by atoms with Crippen molar-refractivity contribution < 1.29 is 9.53 Å². The minimum atomic E-state index is -0.671. The molecule has 162 valence electrons. The quantitative estimate of drug-likeness (QED) is 0.544. The van der Waals surface area contributed by atoms with Crippen LogP contribution in [0.5, 0.6) is 5.75 Å². The average Bonchev–Trinajstić information content (AvgIpc) is 3.24. The number of nitrogens with one attached hydrogen (secondary N) is 2. The van der Waals surface area contributed by atoms with Gasteiger partial charge in [0.15, 0.2) is 0 Å². The van der Waals surface area contributed by atoms with Gasteiger partial charge in [-0.2, -0.15) is 5.10 Å². The Morgan fingerprint density at radius 1 is 1.32 bits per heavy atom. The molecule has 0 unspecified atom stereocenters. The molecule has 4 rings (SSSR count). The molecule has 0 bridgehead atoms. The third kappa shape index (κ3) is 4.16. The van der Waals surface area contributed by atoms with E-state index in [1.54, 1.807) is 13.2 Å². The average molecular weight is 440 g/mol. The molecule has 0 atom stereocenters. The monoisotopic (exact) mass is 439 g/mol. The molecule has 2 aromatic heterocycles. The van der Waals surface area contributed by atoms with Crippen LogP contribution < -0.4 is 10.1 Å². The van der Waals surface area contributed by atoms with Crippen molar-refractivity contribution in [2.75, 3.05) is 25.5 Å². The lowest BCUT2D eigenvalue weighted by atomic mass is 9.69. The first-order chi connectivity index (χ1) is 14.9. The Labute approximate surface area is 186 Å². The number of nitrogens with zero attached hydrogens (tertiary/aromatic N) is 3. The maximum absolute atomic E-state index is 13.7. The van der Waals surface area contributed by atoms with Gasteiger partial charge in [0.2, 0.25) is 5.91 Å². The molecule has 8 heteroatoms. The van der Waals surface area contributed by atoms with E-state index >= 15 is 0 Å². The molecule has 1 aliphatic rings. The lowest BCUT2D eigenvalue weighted by Gasteiger charge is -2.50. The summed E-state index contributed by atoms with van der Waals surface area (Å²) in [5.41, 5.74) is 3.17. The number of ether oxygens (including phenoxy) is 1. The number of hydrogen-bond donors (Lipinski definition) is 2. The lowest BCUT2D eigenvalue weighted by molar-refractivity contribution is -0.128. The molecular weight excluding hydrogens is 414 g/mol. The highest BCUT2D eigenvalue weighted by Crippen LogP contribution is 2.41. The molecule has 3 heterocycles. The van der Waals surface area contributed by atoms with Crippen LogP contribution in [0.4, 0.5) is 5.69 Å². The van der Waals surface area contributed by atoms with E-state index in [1.165, 1.54) is 11.8 Å². The normalized spacial score (nSPS) is 15.5. The minimum Gasteiger partial charge on any atom is -0.494 e. The summed E-state index contributed by atoms with van der Waals surface area (Å²) in [6.07, 6.45) is 5.22. The summed E-state index contributed by atoms with van der Waals surface area (Å²) in [5, 5.41) is 10.2. The SMILES string of the molecule is COc1cc(Cl)ncc1NC(=O)C1(c2ccccc2C(C)C)CN(Cc2cn[nH]c2)C1. The molecule has 3 aromatic rings. The smallest absolute Gasteiger partial charge is 0.237 e. The Balaban J connectivity index is 1.66. The van der Waals surface area contributed by atoms with Crippen molar-refractivity contribution in [2.24, 2.45) is 0 Å². The van der Waals surface area contributed by atoms with Crippen LogP contribution >= 0.6 is 11.6 Å². The molecule has 0 radical (unpaired) electrons. The van der Waals surface area contributed by atoms with Gasteiger partial charge in [-0.05, 0) is 17.0 Å². The van der Waals surface area contributed by atoms with Crippen LogP contribution in [0, 0.1) is 0 Å². The van der Waals surface area contributed by atoms with E-state index in [4.69, 9.17) is 16.3 Å². The number of methoxy groups -OCH3 is 1. The van der Waals surface area contributed by atoms with Gasteiger partial charge in [-0.15, -0.1) is 0 Å². The van der Waals surface area contributed by atoms with E-state index in [1.807, 2.05) is 24.5 Å². The van der Waals surface area contributed by atoms with Crippen molar-refractivity contribution in [1.82, 2.24) is 20.1 Å². The van der Waals surface area contributed by atoms with E-state index in [-0.39, 0.29) is 5.91 Å². The molecule has 1 saturated heterocycles. The topological polar surface area (TPSA) is 83.1 Å². The van der Waals surface area contributed by atoms with Crippen molar-refractivity contribution in [2.45, 2.75) is 31.7 Å². The maximum atomic E-state index is 13.7. The maximum Gasteiger partial charge on any atom is 0.237 e. The van der Waals surface area contributed by atoms with Crippen LogP contribution in [0.2, 0.25) is 5.15 Å². The number of hydrogen-bond acceptors (Lipinski definition) is 5. The standard InChI is InChI=1S/C23H26ClN5O2/c1-15(2)17-6-4-5-7-18(17)23(13-29(14-23)12-16-9-26-27-10-16)22(30)28-19-11-25-21(24)8-20(19)31-3/h4-11,15H,12-14H2,1-3H3,(H,26,27)(H,28,30). The number of likely N-dealkylation sites (tertiary alicyclic amines) is 1. The number of carbonyl (C=O) groups is 1. The number of pyridine rings is 1. The fraction of sp³-hybridized carbons (Fsp3) is 0.348. The summed E-state index contributed by atoms with van der Waals surface area (Å²) in [5.74, 6) is 0.706. The second-order valence-corrected chi connectivity index (χ2v) is 8.62. The molecular formula is C23H26ClN5O2. The third-order valence-corrected chi connectivity index (χ3v) is 5.99. The summed E-state index contributed by atoms with van der Waals surface area (Å²) >= 11 is 5.98. The molecule has 2 N–H and O–H groups in total. The van der Waals surface area contributed by atoms with E-state index in [9.17, 15) is 4.79 Å². The second kappa shape index (κ2) is 8.69. The molecule has 0 aliphatic carbocycles. The minimum absolute atomic E-state index is 0.0773. The first kappa shape index (κ1) is 21.3. The lowest BCUT2D eigenvalue weighted by Crippen LogP contribution is -2.64. The summed E-state index contributed by atoms with van der Waals surface area (Å²) in [6, 6.07) is 9.80. The van der Waals surface area contributed by atoms with Gasteiger partial charge in [0.05, 0.1) is 24.9 Å². The zero-order chi connectivity index (χ0) is 22.0. The van der Waals surface area contributed by atoms with Gasteiger partial charge in [-0.1, -0.05) is 49.7 Å². The van der Waals surface area contributed by atoms with E-state index < -0.39 is 5.41 Å². The molecule has 31 heavy (non-hydrogen) atoms. The Kier molecular flexibility index (Phi) is 5.98. The number of benzene rings is 1. The van der Waals surface area contributed by atoms with Gasteiger partial charge < -0.3 is 10.1 Å². The predicted octanol–water partition coefficient (Wildman–Crippen LogP) is 3.98. The second-order valence-electron chi connectivity index (χ2n) is 8.24. The van der Waals surface area contributed by atoms with E-state index in [2.05, 4.69) is 51.4 Å². The number of aromatic nitrogens is 3. The number of amides is 1. The Morgan fingerprint density at radius 3 is 2.77 bits per heavy atom. The van der Waals surface area contributed by atoms with E-state index in [0.717, 1.165) is 17.7 Å². The molecule has 0 spiro atoms. The first-order valence-corrected chi connectivity index (χ1v) is 10.6. The highest BCUT2D eigenvalue weighted by Gasteiger charge is 2.51. The summed E-state index contributed by atoms with van der Waals surface area (Å²) in [4.78, 5) is 20.1. The molecule has 1 fully saturated rings. The van der Waals surface area contributed by atoms with Gasteiger partial charge in [-0.3, -0.25) is 14.8 Å². The van der Waals surface area contributed by atoms with Crippen LogP contribution in [0.1, 0.15) is 36.5 Å². The fourth-order valence-corrected chi connectivity index (χ4v) is 4.39. The van der Waals surface area contributed by atoms with E-state index in [0.29, 0.717) is 35.6 Å². The molecule has 1 aromatic carbocycles. The van der Waals surface area contributed by atoms with Crippen molar-refractivity contribution in [3.05, 3.63) is 70.8 Å². The van der Waals surface area contributed by atoms with Crippen LogP contribution in [0.25, 0.3) is 0 Å². The number of halogens is 1. The third-order valence-electron chi connectivity index (χ3n) is 5.78. The Bertz CT molecular complexity index is 1060. The summed E-state index contributed by atoms with van der Waals surface area (Å²) in [6.45, 7) is 6.26. The van der Waals surface area contributed by atoms with Crippen molar-refractivity contribution in [3.8, 4) is 5.75 Å². The molecule has 1 aliphatic heterocycles. The predicted molar refractivity (Wildman–Crippen MR) is 121 cm³/mol. The molecule has 1 amide bonds. The highest BCUT2D eigenvalue weighted by molar-refractivity contribution is 6.29. The van der Waals surface area contributed by atoms with Gasteiger partial charge in [0, 0.05) is 37.5 Å².